The SMILES string of the molecule is [B](C1CCC=CCC1)C1CCCCCCC1. The quantitative estimate of drug-likeness (QED) is 0.443. The predicted molar refractivity (Wildman–Crippen MR) is 73.2 cm³/mol. The number of hydrogen-bond acceptors (Lipinski definition) is 0. The number of allylic oxidation sites excluding steroid dienone is 2. The third kappa shape index (κ3) is 4.35. The average molecular weight is 217 g/mol. The molecule has 0 heterocycles. The first kappa shape index (κ1) is 12.3. The Kier molecular flexibility index (Phi) is 5.51. The lowest BCUT2D eigenvalue weighted by Crippen LogP contribution is -2.12. The molecule has 2 aliphatic carbocycles. The molecule has 1 saturated carbocycles. The summed E-state index contributed by atoms with van der Waals surface area (Å²) >= 11 is 0. The van der Waals surface area contributed by atoms with Crippen molar-refractivity contribution < 1.29 is 0 Å². The Hall–Kier alpha value is -0.195. The third-order valence-electron chi connectivity index (χ3n) is 4.27. The molecule has 1 fully saturated rings. The second-order valence-electron chi connectivity index (χ2n) is 5.68. The van der Waals surface area contributed by atoms with Gasteiger partial charge in [-0.25, -0.2) is 0 Å². The van der Waals surface area contributed by atoms with Crippen LogP contribution >= 0.6 is 0 Å². The molecule has 0 aromatic rings. The van der Waals surface area contributed by atoms with Crippen LogP contribution in [0.2, 0.25) is 11.6 Å². The molecule has 0 amide bonds. The van der Waals surface area contributed by atoms with Gasteiger partial charge in [-0.1, -0.05) is 81.6 Å². The van der Waals surface area contributed by atoms with Crippen LogP contribution in [0, 0.1) is 0 Å². The molecule has 2 aliphatic rings. The Morgan fingerprint density at radius 1 is 0.625 bits per heavy atom. The van der Waals surface area contributed by atoms with Crippen molar-refractivity contribution in [3.63, 3.8) is 0 Å². The van der Waals surface area contributed by atoms with Crippen molar-refractivity contribution in [2.75, 3.05) is 0 Å². The minimum atomic E-state index is 0.916. The summed E-state index contributed by atoms with van der Waals surface area (Å²) in [5.41, 5.74) is 0. The maximum atomic E-state index is 2.73. The molecule has 2 rings (SSSR count). The zero-order chi connectivity index (χ0) is 11.1. The summed E-state index contributed by atoms with van der Waals surface area (Å²) in [5, 5.41) is 0. The van der Waals surface area contributed by atoms with E-state index < -0.39 is 0 Å². The van der Waals surface area contributed by atoms with Gasteiger partial charge in [0.2, 0.25) is 0 Å². The van der Waals surface area contributed by atoms with Crippen LogP contribution in [0.4, 0.5) is 0 Å². The predicted octanol–water partition coefficient (Wildman–Crippen LogP) is 5.14. The first-order valence-electron chi connectivity index (χ1n) is 7.45. The van der Waals surface area contributed by atoms with E-state index in [1.807, 2.05) is 0 Å². The van der Waals surface area contributed by atoms with E-state index in [0.29, 0.717) is 0 Å². The Labute approximate surface area is 102 Å². The standard InChI is InChI=1S/C15H26B/c1-2-6-10-14(11-7-3-1)16-15-12-8-4-5-9-13-15/h4-5,14-15H,1-3,6-13H2. The van der Waals surface area contributed by atoms with E-state index in [1.54, 1.807) is 0 Å². The van der Waals surface area contributed by atoms with Crippen molar-refractivity contribution in [3.8, 4) is 0 Å². The Morgan fingerprint density at radius 2 is 1.12 bits per heavy atom. The minimum absolute atomic E-state index is 0.916. The Bertz CT molecular complexity index is 191. The molecule has 0 aliphatic heterocycles. The van der Waals surface area contributed by atoms with Crippen molar-refractivity contribution in [1.29, 1.82) is 0 Å². The molecule has 0 nitrogen and oxygen atoms in total. The fourth-order valence-electron chi connectivity index (χ4n) is 3.26. The summed E-state index contributed by atoms with van der Waals surface area (Å²) in [6.07, 6.45) is 20.6. The average Bonchev–Trinajstić information content (AvgIpc) is 2.50. The lowest BCUT2D eigenvalue weighted by Gasteiger charge is -2.23. The molecule has 0 spiro atoms. The fourth-order valence-corrected chi connectivity index (χ4v) is 3.26. The fraction of sp³-hybridized carbons (Fsp3) is 0.867. The van der Waals surface area contributed by atoms with Crippen LogP contribution in [-0.4, -0.2) is 7.28 Å². The van der Waals surface area contributed by atoms with Crippen LogP contribution < -0.4 is 0 Å². The number of hydrogen-bond donors (Lipinski definition) is 0. The van der Waals surface area contributed by atoms with Gasteiger partial charge in [-0.05, 0) is 12.8 Å². The maximum Gasteiger partial charge on any atom is 0.117 e. The normalized spacial score (nSPS) is 25.8. The summed E-state index contributed by atoms with van der Waals surface area (Å²) in [7, 11) is 2.73. The van der Waals surface area contributed by atoms with Crippen LogP contribution in [0.5, 0.6) is 0 Å². The highest BCUT2D eigenvalue weighted by Crippen LogP contribution is 2.33. The highest BCUT2D eigenvalue weighted by molar-refractivity contribution is 6.39. The Morgan fingerprint density at radius 3 is 1.75 bits per heavy atom. The number of rotatable bonds is 2. The molecule has 0 aromatic heterocycles. The van der Waals surface area contributed by atoms with E-state index in [2.05, 4.69) is 19.4 Å². The molecule has 0 atom stereocenters. The summed E-state index contributed by atoms with van der Waals surface area (Å²) in [5.74, 6) is 1.86. The Balaban J connectivity index is 1.73. The van der Waals surface area contributed by atoms with Crippen molar-refractivity contribution in [3.05, 3.63) is 12.2 Å². The first-order valence-corrected chi connectivity index (χ1v) is 7.45. The maximum absolute atomic E-state index is 2.73. The zero-order valence-electron chi connectivity index (χ0n) is 10.7. The summed E-state index contributed by atoms with van der Waals surface area (Å²) in [6.45, 7) is 0. The van der Waals surface area contributed by atoms with Crippen molar-refractivity contribution in [2.45, 2.75) is 82.3 Å². The summed E-state index contributed by atoms with van der Waals surface area (Å²) in [6, 6.07) is 0. The summed E-state index contributed by atoms with van der Waals surface area (Å²) in [4.78, 5) is 0. The van der Waals surface area contributed by atoms with Gasteiger partial charge in [-0.15, -0.1) is 0 Å². The van der Waals surface area contributed by atoms with Crippen LogP contribution in [0.3, 0.4) is 0 Å². The molecular formula is C15H26B. The summed E-state index contributed by atoms with van der Waals surface area (Å²) < 4.78 is 0. The molecule has 0 saturated heterocycles. The molecule has 0 bridgehead atoms. The third-order valence-corrected chi connectivity index (χ3v) is 4.27. The van der Waals surface area contributed by atoms with Gasteiger partial charge in [-0.3, -0.25) is 0 Å². The monoisotopic (exact) mass is 217 g/mol. The van der Waals surface area contributed by atoms with Gasteiger partial charge < -0.3 is 0 Å². The van der Waals surface area contributed by atoms with Crippen molar-refractivity contribution in [1.82, 2.24) is 0 Å². The van der Waals surface area contributed by atoms with E-state index in [4.69, 9.17) is 0 Å². The van der Waals surface area contributed by atoms with Crippen molar-refractivity contribution in [2.24, 2.45) is 0 Å². The van der Waals surface area contributed by atoms with Gasteiger partial charge in [0.25, 0.3) is 0 Å². The van der Waals surface area contributed by atoms with E-state index in [1.165, 1.54) is 70.6 Å². The molecule has 0 aromatic carbocycles. The molecular weight excluding hydrogens is 191 g/mol. The topological polar surface area (TPSA) is 0 Å². The highest BCUT2D eigenvalue weighted by Gasteiger charge is 2.19. The first-order chi connectivity index (χ1) is 7.95. The van der Waals surface area contributed by atoms with Crippen LogP contribution in [0.25, 0.3) is 0 Å². The lowest BCUT2D eigenvalue weighted by atomic mass is 9.50. The smallest absolute Gasteiger partial charge is 0.0886 e. The molecule has 1 heteroatoms. The zero-order valence-corrected chi connectivity index (χ0v) is 10.7. The van der Waals surface area contributed by atoms with Gasteiger partial charge in [0, 0.05) is 0 Å². The largest absolute Gasteiger partial charge is 0.117 e. The van der Waals surface area contributed by atoms with E-state index in [0.717, 1.165) is 11.6 Å². The van der Waals surface area contributed by atoms with Gasteiger partial charge in [0.1, 0.15) is 7.28 Å². The van der Waals surface area contributed by atoms with E-state index >= 15 is 0 Å². The van der Waals surface area contributed by atoms with E-state index in [-0.39, 0.29) is 0 Å². The second-order valence-corrected chi connectivity index (χ2v) is 5.68. The van der Waals surface area contributed by atoms with Gasteiger partial charge >= 0.3 is 0 Å². The van der Waals surface area contributed by atoms with E-state index in [9.17, 15) is 0 Å². The second kappa shape index (κ2) is 7.19. The van der Waals surface area contributed by atoms with Crippen LogP contribution in [0.1, 0.15) is 70.6 Å². The van der Waals surface area contributed by atoms with Crippen LogP contribution in [0.15, 0.2) is 12.2 Å². The molecule has 16 heavy (non-hydrogen) atoms. The van der Waals surface area contributed by atoms with Crippen LogP contribution in [-0.2, 0) is 0 Å². The molecule has 89 valence electrons. The minimum Gasteiger partial charge on any atom is -0.0886 e. The lowest BCUT2D eigenvalue weighted by molar-refractivity contribution is 0.496. The van der Waals surface area contributed by atoms with Gasteiger partial charge in [-0.2, -0.15) is 0 Å². The molecule has 1 radical (unpaired) electrons. The molecule has 0 N–H and O–H groups in total. The van der Waals surface area contributed by atoms with Gasteiger partial charge in [0.05, 0.1) is 0 Å². The van der Waals surface area contributed by atoms with Crippen molar-refractivity contribution >= 4 is 7.28 Å². The molecule has 0 unspecified atom stereocenters. The highest BCUT2D eigenvalue weighted by atomic mass is 14.1. The van der Waals surface area contributed by atoms with Gasteiger partial charge in [0.15, 0.2) is 0 Å².